The summed E-state index contributed by atoms with van der Waals surface area (Å²) in [6.45, 7) is 19.1. The molecule has 152 valence electrons. The molecule has 1 aliphatic rings. The van der Waals surface area contributed by atoms with Gasteiger partial charge in [0.1, 0.15) is 0 Å². The van der Waals surface area contributed by atoms with Crippen molar-refractivity contribution in [3.05, 3.63) is 36.5 Å². The van der Waals surface area contributed by atoms with Crippen molar-refractivity contribution in [2.75, 3.05) is 13.6 Å². The lowest BCUT2D eigenvalue weighted by atomic mass is 9.70. The van der Waals surface area contributed by atoms with Crippen molar-refractivity contribution in [3.8, 4) is 0 Å². The van der Waals surface area contributed by atoms with Gasteiger partial charge in [0.05, 0.1) is 0 Å². The third kappa shape index (κ3) is 21.1. The van der Waals surface area contributed by atoms with E-state index >= 15 is 0 Å². The standard InChI is InChI=1S/C9H20N2.C6H10.C4H8.2C2H6/c1-9(11-2,6-7-10)8-4-3-5-8;1-3-5-6-4-2;1-3-4-2;2*1-2/h8,11H,3-7,10H2,1-2H3;3-6H,1-2H3;3-4H,1-2H3;2*1-2H3/b;5-3-,6-4+;4-3+;;. The highest BCUT2D eigenvalue weighted by molar-refractivity contribution is 4.99. The largest absolute Gasteiger partial charge is 0.330 e. The zero-order valence-electron chi connectivity index (χ0n) is 19.2. The number of nitrogens with one attached hydrogen (secondary N) is 1. The highest BCUT2D eigenvalue weighted by atomic mass is 14.9. The van der Waals surface area contributed by atoms with Gasteiger partial charge < -0.3 is 11.1 Å². The first kappa shape index (κ1) is 31.9. The maximum atomic E-state index is 5.57. The molecule has 0 amide bonds. The third-order valence-corrected chi connectivity index (χ3v) is 4.07. The number of allylic oxidation sites excluding steroid dienone is 6. The van der Waals surface area contributed by atoms with E-state index in [-0.39, 0.29) is 0 Å². The Labute approximate surface area is 161 Å². The third-order valence-electron chi connectivity index (χ3n) is 4.07. The van der Waals surface area contributed by atoms with Gasteiger partial charge in [-0.3, -0.25) is 0 Å². The van der Waals surface area contributed by atoms with Crippen molar-refractivity contribution in [1.82, 2.24) is 5.32 Å². The zero-order valence-corrected chi connectivity index (χ0v) is 19.2. The molecule has 3 N–H and O–H groups in total. The summed E-state index contributed by atoms with van der Waals surface area (Å²) in [5.41, 5.74) is 5.88. The van der Waals surface area contributed by atoms with Gasteiger partial charge in [-0.15, -0.1) is 0 Å². The minimum absolute atomic E-state index is 0.312. The Hall–Kier alpha value is -0.860. The topological polar surface area (TPSA) is 38.0 Å². The summed E-state index contributed by atoms with van der Waals surface area (Å²) in [5, 5.41) is 3.40. The van der Waals surface area contributed by atoms with E-state index in [9.17, 15) is 0 Å². The second-order valence-electron chi connectivity index (χ2n) is 5.55. The molecule has 1 saturated carbocycles. The summed E-state index contributed by atoms with van der Waals surface area (Å²) < 4.78 is 0. The Morgan fingerprint density at radius 1 is 0.880 bits per heavy atom. The highest BCUT2D eigenvalue weighted by Crippen LogP contribution is 2.37. The van der Waals surface area contributed by atoms with Gasteiger partial charge in [0.15, 0.2) is 0 Å². The van der Waals surface area contributed by atoms with Crippen LogP contribution in [-0.2, 0) is 0 Å². The first-order chi connectivity index (χ1) is 12.1. The van der Waals surface area contributed by atoms with Crippen LogP contribution < -0.4 is 11.1 Å². The SMILES string of the molecule is C/C=C/C.C/C=C\C=C\C.CC.CC.CNC(C)(CCN)C1CCC1. The van der Waals surface area contributed by atoms with Gasteiger partial charge in [0, 0.05) is 5.54 Å². The fourth-order valence-electron chi connectivity index (χ4n) is 2.10. The summed E-state index contributed by atoms with van der Waals surface area (Å²) >= 11 is 0. The predicted octanol–water partition coefficient (Wildman–Crippen LogP) is 6.89. The van der Waals surface area contributed by atoms with Gasteiger partial charge in [-0.2, -0.15) is 0 Å². The Morgan fingerprint density at radius 3 is 1.44 bits per heavy atom. The van der Waals surface area contributed by atoms with Gasteiger partial charge >= 0.3 is 0 Å². The normalized spacial score (nSPS) is 15.5. The van der Waals surface area contributed by atoms with Crippen molar-refractivity contribution in [2.45, 2.75) is 93.5 Å². The van der Waals surface area contributed by atoms with Gasteiger partial charge in [0.2, 0.25) is 0 Å². The van der Waals surface area contributed by atoms with Crippen LogP contribution in [0.3, 0.4) is 0 Å². The number of hydrogen-bond donors (Lipinski definition) is 2. The lowest BCUT2D eigenvalue weighted by Gasteiger charge is -2.43. The molecule has 0 aromatic rings. The second kappa shape index (κ2) is 28.0. The van der Waals surface area contributed by atoms with E-state index < -0.39 is 0 Å². The Bertz CT molecular complexity index is 274. The summed E-state index contributed by atoms with van der Waals surface area (Å²) in [6, 6.07) is 0. The predicted molar refractivity (Wildman–Crippen MR) is 121 cm³/mol. The van der Waals surface area contributed by atoms with Crippen LogP contribution in [0.5, 0.6) is 0 Å². The molecular formula is C23H50N2. The quantitative estimate of drug-likeness (QED) is 0.417. The number of hydrogen-bond acceptors (Lipinski definition) is 2. The first-order valence-electron chi connectivity index (χ1n) is 10.3. The summed E-state index contributed by atoms with van der Waals surface area (Å²) in [7, 11) is 2.05. The van der Waals surface area contributed by atoms with Gasteiger partial charge in [-0.1, -0.05) is 70.6 Å². The van der Waals surface area contributed by atoms with E-state index in [0.29, 0.717) is 5.54 Å². The van der Waals surface area contributed by atoms with Crippen LogP contribution in [-0.4, -0.2) is 19.1 Å². The Kier molecular flexibility index (Phi) is 35.6. The molecule has 0 saturated heterocycles. The van der Waals surface area contributed by atoms with Gasteiger partial charge in [-0.25, -0.2) is 0 Å². The molecular weight excluding hydrogens is 304 g/mol. The minimum atomic E-state index is 0.312. The molecule has 0 spiro atoms. The molecule has 1 aliphatic carbocycles. The average molecular weight is 355 g/mol. The van der Waals surface area contributed by atoms with Crippen molar-refractivity contribution >= 4 is 0 Å². The summed E-state index contributed by atoms with van der Waals surface area (Å²) in [4.78, 5) is 0. The molecule has 0 bridgehead atoms. The van der Waals surface area contributed by atoms with E-state index in [1.165, 1.54) is 19.3 Å². The van der Waals surface area contributed by atoms with Crippen molar-refractivity contribution in [1.29, 1.82) is 0 Å². The maximum Gasteiger partial charge on any atom is 0.0190 e. The van der Waals surface area contributed by atoms with Crippen molar-refractivity contribution < 1.29 is 0 Å². The lowest BCUT2D eigenvalue weighted by Crippen LogP contribution is -2.50. The Balaban J connectivity index is -0.000000134. The van der Waals surface area contributed by atoms with Crippen LogP contribution in [0.1, 0.15) is 88.0 Å². The molecule has 2 heteroatoms. The van der Waals surface area contributed by atoms with Crippen LogP contribution in [0, 0.1) is 5.92 Å². The first-order valence-corrected chi connectivity index (χ1v) is 10.3. The van der Waals surface area contributed by atoms with Gasteiger partial charge in [0.25, 0.3) is 0 Å². The highest BCUT2D eigenvalue weighted by Gasteiger charge is 2.35. The molecule has 1 atom stereocenters. The second-order valence-corrected chi connectivity index (χ2v) is 5.55. The van der Waals surface area contributed by atoms with Crippen LogP contribution in [0.2, 0.25) is 0 Å². The fourth-order valence-corrected chi connectivity index (χ4v) is 2.10. The molecule has 25 heavy (non-hydrogen) atoms. The molecule has 0 heterocycles. The maximum absolute atomic E-state index is 5.57. The molecule has 0 aromatic heterocycles. The number of nitrogens with two attached hydrogens (primary N) is 1. The van der Waals surface area contributed by atoms with Gasteiger partial charge in [-0.05, 0) is 73.4 Å². The summed E-state index contributed by atoms with van der Waals surface area (Å²) in [5.74, 6) is 0.871. The zero-order chi connectivity index (χ0) is 20.6. The molecule has 0 aromatic carbocycles. The lowest BCUT2D eigenvalue weighted by molar-refractivity contribution is 0.143. The number of rotatable bonds is 5. The molecule has 2 nitrogen and oxygen atoms in total. The van der Waals surface area contributed by atoms with Crippen LogP contribution >= 0.6 is 0 Å². The molecule has 0 aliphatic heterocycles. The van der Waals surface area contributed by atoms with Crippen molar-refractivity contribution in [2.24, 2.45) is 11.7 Å². The van der Waals surface area contributed by atoms with E-state index in [1.807, 2.05) is 98.9 Å². The van der Waals surface area contributed by atoms with E-state index in [2.05, 4.69) is 12.2 Å². The van der Waals surface area contributed by atoms with E-state index in [4.69, 9.17) is 5.73 Å². The van der Waals surface area contributed by atoms with Crippen LogP contribution in [0.25, 0.3) is 0 Å². The monoisotopic (exact) mass is 354 g/mol. The molecule has 1 unspecified atom stereocenters. The molecule has 1 fully saturated rings. The van der Waals surface area contributed by atoms with E-state index in [0.717, 1.165) is 18.9 Å². The molecule has 1 rings (SSSR count). The van der Waals surface area contributed by atoms with Crippen LogP contribution in [0.4, 0.5) is 0 Å². The Morgan fingerprint density at radius 2 is 1.28 bits per heavy atom. The molecule has 0 radical (unpaired) electrons. The smallest absolute Gasteiger partial charge is 0.0190 e. The van der Waals surface area contributed by atoms with Crippen LogP contribution in [0.15, 0.2) is 36.5 Å². The fraction of sp³-hybridized carbons (Fsp3) is 0.739. The van der Waals surface area contributed by atoms with E-state index in [1.54, 1.807) is 0 Å². The summed E-state index contributed by atoms with van der Waals surface area (Å²) in [6.07, 6.45) is 17.3. The average Bonchev–Trinajstić information content (AvgIpc) is 2.62. The van der Waals surface area contributed by atoms with Crippen molar-refractivity contribution in [3.63, 3.8) is 0 Å². The minimum Gasteiger partial charge on any atom is -0.330 e.